The Balaban J connectivity index is 1.94. The van der Waals surface area contributed by atoms with Crippen LogP contribution in [0.1, 0.15) is 11.1 Å². The van der Waals surface area contributed by atoms with E-state index in [0.717, 1.165) is 26.9 Å². The fourth-order valence-electron chi connectivity index (χ4n) is 2.74. The number of aryl methyl sites for hydroxylation is 2. The average Bonchev–Trinajstić information content (AvgIpc) is 3.22. The Kier molecular flexibility index (Phi) is 4.46. The van der Waals surface area contributed by atoms with Crippen molar-refractivity contribution in [3.8, 4) is 31.6 Å². The summed E-state index contributed by atoms with van der Waals surface area (Å²) in [5, 5.41) is 3.84. The zero-order chi connectivity index (χ0) is 17.4. The van der Waals surface area contributed by atoms with Gasteiger partial charge in [0.2, 0.25) is 0 Å². The van der Waals surface area contributed by atoms with Gasteiger partial charge in [-0.15, -0.1) is 22.7 Å². The lowest BCUT2D eigenvalue weighted by Crippen LogP contribution is -1.83. The molecule has 0 aliphatic rings. The number of rotatable bonds is 3. The van der Waals surface area contributed by atoms with Crippen molar-refractivity contribution in [3.05, 3.63) is 76.1 Å². The Morgan fingerprint density at radius 2 is 1.64 bits per heavy atom. The lowest BCUT2D eigenvalue weighted by atomic mass is 10.1. The minimum Gasteiger partial charge on any atom is -0.235 e. The summed E-state index contributed by atoms with van der Waals surface area (Å²) >= 11 is 9.89. The van der Waals surface area contributed by atoms with E-state index >= 15 is 0 Å². The second-order valence-electron chi connectivity index (χ2n) is 5.98. The Morgan fingerprint density at radius 3 is 2.32 bits per heavy atom. The Bertz CT molecular complexity index is 1030. The van der Waals surface area contributed by atoms with Crippen LogP contribution in [0.2, 0.25) is 5.02 Å². The normalized spacial score (nSPS) is 11.0. The van der Waals surface area contributed by atoms with E-state index in [1.807, 2.05) is 24.3 Å². The summed E-state index contributed by atoms with van der Waals surface area (Å²) in [5.74, 6) is 0. The van der Waals surface area contributed by atoms with E-state index in [0.29, 0.717) is 0 Å². The monoisotopic (exact) mass is 381 g/mol. The van der Waals surface area contributed by atoms with E-state index in [1.54, 1.807) is 22.7 Å². The molecule has 4 heteroatoms. The number of hydrogen-bond donors (Lipinski definition) is 0. The number of thiophene rings is 1. The fourth-order valence-corrected chi connectivity index (χ4v) is 5.28. The smallest absolute Gasteiger partial charge is 0.126 e. The average molecular weight is 382 g/mol. The first-order chi connectivity index (χ1) is 12.1. The van der Waals surface area contributed by atoms with Crippen LogP contribution in [0.5, 0.6) is 0 Å². The maximum absolute atomic E-state index is 6.41. The summed E-state index contributed by atoms with van der Waals surface area (Å²) in [6.07, 6.45) is 0. The van der Waals surface area contributed by atoms with Crippen molar-refractivity contribution in [2.75, 3.05) is 0 Å². The number of hydrogen-bond acceptors (Lipinski definition) is 3. The molecular formula is C21H16ClNS2. The van der Waals surface area contributed by atoms with Crippen molar-refractivity contribution in [1.29, 1.82) is 0 Å². The molecule has 0 unspecified atom stereocenters. The van der Waals surface area contributed by atoms with Gasteiger partial charge in [-0.05, 0) is 36.9 Å². The van der Waals surface area contributed by atoms with Crippen molar-refractivity contribution in [2.24, 2.45) is 0 Å². The molecule has 0 amide bonds. The zero-order valence-electron chi connectivity index (χ0n) is 13.9. The molecule has 0 fully saturated rings. The molecule has 25 heavy (non-hydrogen) atoms. The molecule has 0 radical (unpaired) electrons. The first-order valence-corrected chi connectivity index (χ1v) is 10.1. The van der Waals surface area contributed by atoms with Crippen LogP contribution in [0.3, 0.4) is 0 Å². The molecule has 0 bridgehead atoms. The number of thiazole rings is 1. The van der Waals surface area contributed by atoms with Crippen molar-refractivity contribution in [2.45, 2.75) is 13.8 Å². The van der Waals surface area contributed by atoms with Gasteiger partial charge >= 0.3 is 0 Å². The minimum atomic E-state index is 0.737. The molecule has 4 rings (SSSR count). The molecule has 0 aliphatic heterocycles. The number of aromatic nitrogens is 1. The molecule has 2 heterocycles. The maximum atomic E-state index is 6.41. The van der Waals surface area contributed by atoms with Crippen molar-refractivity contribution >= 4 is 34.3 Å². The van der Waals surface area contributed by atoms with Crippen molar-refractivity contribution in [1.82, 2.24) is 4.98 Å². The lowest BCUT2D eigenvalue weighted by molar-refractivity contribution is 1.39. The Labute approximate surface area is 160 Å². The summed E-state index contributed by atoms with van der Waals surface area (Å²) in [7, 11) is 0. The van der Waals surface area contributed by atoms with Gasteiger partial charge in [0.15, 0.2) is 0 Å². The molecule has 0 N–H and O–H groups in total. The van der Waals surface area contributed by atoms with E-state index in [2.05, 4.69) is 49.6 Å². The predicted octanol–water partition coefficient (Wildman–Crippen LogP) is 7.48. The first kappa shape index (κ1) is 16.5. The molecule has 0 aliphatic carbocycles. The predicted molar refractivity (Wildman–Crippen MR) is 111 cm³/mol. The van der Waals surface area contributed by atoms with Crippen molar-refractivity contribution < 1.29 is 0 Å². The summed E-state index contributed by atoms with van der Waals surface area (Å²) < 4.78 is 0. The molecule has 124 valence electrons. The van der Waals surface area contributed by atoms with Gasteiger partial charge in [-0.3, -0.25) is 0 Å². The molecule has 0 saturated heterocycles. The highest BCUT2D eigenvalue weighted by Crippen LogP contribution is 2.44. The summed E-state index contributed by atoms with van der Waals surface area (Å²) in [6, 6.07) is 18.6. The van der Waals surface area contributed by atoms with Gasteiger partial charge in [-0.1, -0.05) is 59.6 Å². The highest BCUT2D eigenvalue weighted by Gasteiger charge is 2.19. The third-order valence-electron chi connectivity index (χ3n) is 4.12. The molecule has 0 saturated carbocycles. The van der Waals surface area contributed by atoms with Crippen LogP contribution in [0, 0.1) is 13.8 Å². The van der Waals surface area contributed by atoms with Gasteiger partial charge in [-0.2, -0.15) is 0 Å². The number of halogens is 1. The molecule has 4 aromatic rings. The molecule has 2 aromatic heterocycles. The highest BCUT2D eigenvalue weighted by atomic mass is 35.5. The molecule has 2 aromatic carbocycles. The lowest BCUT2D eigenvalue weighted by Gasteiger charge is -2.02. The van der Waals surface area contributed by atoms with Gasteiger partial charge < -0.3 is 0 Å². The van der Waals surface area contributed by atoms with Crippen LogP contribution < -0.4 is 0 Å². The maximum Gasteiger partial charge on any atom is 0.126 e. The Morgan fingerprint density at radius 1 is 0.880 bits per heavy atom. The highest BCUT2D eigenvalue weighted by molar-refractivity contribution is 7.23. The van der Waals surface area contributed by atoms with Crippen LogP contribution in [-0.2, 0) is 0 Å². The van der Waals surface area contributed by atoms with Gasteiger partial charge in [0.25, 0.3) is 0 Å². The van der Waals surface area contributed by atoms with E-state index in [9.17, 15) is 0 Å². The number of nitrogens with zero attached hydrogens (tertiary/aromatic N) is 1. The second-order valence-corrected chi connectivity index (χ2v) is 8.30. The Hall–Kier alpha value is -1.94. The van der Waals surface area contributed by atoms with Crippen LogP contribution in [-0.4, -0.2) is 4.98 Å². The van der Waals surface area contributed by atoms with Gasteiger partial charge in [-0.25, -0.2) is 4.98 Å². The number of benzene rings is 2. The third-order valence-corrected chi connectivity index (χ3v) is 6.72. The van der Waals surface area contributed by atoms with Gasteiger partial charge in [0, 0.05) is 16.0 Å². The SMILES string of the molecule is Cc1ccc(-c2nc(-c3ccccc3Cl)sc2-c2sccc2C)cc1. The van der Waals surface area contributed by atoms with E-state index in [1.165, 1.54) is 20.9 Å². The van der Waals surface area contributed by atoms with Crippen LogP contribution in [0.15, 0.2) is 60.0 Å². The first-order valence-electron chi connectivity index (χ1n) is 8.00. The zero-order valence-corrected chi connectivity index (χ0v) is 16.3. The quantitative estimate of drug-likeness (QED) is 0.358. The minimum absolute atomic E-state index is 0.737. The molecule has 0 spiro atoms. The summed E-state index contributed by atoms with van der Waals surface area (Å²) in [4.78, 5) is 7.48. The standard InChI is InChI=1S/C21H16ClNS2/c1-13-7-9-15(10-8-13)18-20(19-14(2)11-12-24-19)25-21(23-18)16-5-3-4-6-17(16)22/h3-12H,1-2H3. The summed E-state index contributed by atoms with van der Waals surface area (Å²) in [6.45, 7) is 4.25. The topological polar surface area (TPSA) is 12.9 Å². The van der Waals surface area contributed by atoms with Crippen LogP contribution in [0.4, 0.5) is 0 Å². The molecule has 0 atom stereocenters. The van der Waals surface area contributed by atoms with Gasteiger partial charge in [0.1, 0.15) is 5.01 Å². The van der Waals surface area contributed by atoms with Crippen molar-refractivity contribution in [3.63, 3.8) is 0 Å². The molecule has 1 nitrogen and oxygen atoms in total. The van der Waals surface area contributed by atoms with Gasteiger partial charge in [0.05, 0.1) is 15.6 Å². The molecular weight excluding hydrogens is 366 g/mol. The van der Waals surface area contributed by atoms with E-state index in [4.69, 9.17) is 16.6 Å². The van der Waals surface area contributed by atoms with E-state index < -0.39 is 0 Å². The van der Waals surface area contributed by atoms with E-state index in [-0.39, 0.29) is 0 Å². The fraction of sp³-hybridized carbons (Fsp3) is 0.0952. The second kappa shape index (κ2) is 6.75. The van der Waals surface area contributed by atoms with Crippen LogP contribution >= 0.6 is 34.3 Å². The third kappa shape index (κ3) is 3.15. The largest absolute Gasteiger partial charge is 0.235 e. The summed E-state index contributed by atoms with van der Waals surface area (Å²) in [5.41, 5.74) is 5.70. The van der Waals surface area contributed by atoms with Crippen LogP contribution in [0.25, 0.3) is 31.6 Å².